The zero-order valence-corrected chi connectivity index (χ0v) is 18.3. The van der Waals surface area contributed by atoms with Crippen molar-refractivity contribution in [2.75, 3.05) is 11.3 Å². The Hall–Kier alpha value is -3.07. The molecule has 162 valence electrons. The van der Waals surface area contributed by atoms with Crippen LogP contribution in [-0.2, 0) is 14.8 Å². The molecule has 0 aliphatic rings. The minimum atomic E-state index is -3.78. The van der Waals surface area contributed by atoms with Crippen LogP contribution in [0.3, 0.4) is 0 Å². The monoisotopic (exact) mass is 433 g/mol. The Labute approximate surface area is 177 Å². The number of benzene rings is 2. The molecule has 0 atom stereocenters. The fourth-order valence-corrected chi connectivity index (χ4v) is 3.57. The topological polar surface area (TPSA) is 114 Å². The van der Waals surface area contributed by atoms with Crippen LogP contribution in [0, 0.1) is 5.41 Å². The van der Waals surface area contributed by atoms with Crippen LogP contribution in [0.2, 0.25) is 0 Å². The van der Waals surface area contributed by atoms with Crippen molar-refractivity contribution in [1.82, 2.24) is 10.9 Å². The molecule has 0 aliphatic carbocycles. The fraction of sp³-hybridized carbons (Fsp3) is 0.333. The van der Waals surface area contributed by atoms with Crippen molar-refractivity contribution in [3.05, 3.63) is 54.1 Å². The number of hydrogen-bond donors (Lipinski definition) is 3. The molecule has 30 heavy (non-hydrogen) atoms. The van der Waals surface area contributed by atoms with Gasteiger partial charge in [0.15, 0.2) is 0 Å². The van der Waals surface area contributed by atoms with Crippen LogP contribution in [0.4, 0.5) is 5.69 Å². The van der Waals surface area contributed by atoms with E-state index in [9.17, 15) is 18.0 Å². The van der Waals surface area contributed by atoms with Crippen molar-refractivity contribution >= 4 is 27.5 Å². The second-order valence-electron chi connectivity index (χ2n) is 7.83. The van der Waals surface area contributed by atoms with Gasteiger partial charge in [0.25, 0.3) is 15.9 Å². The van der Waals surface area contributed by atoms with Crippen molar-refractivity contribution in [1.29, 1.82) is 0 Å². The van der Waals surface area contributed by atoms with E-state index in [0.29, 0.717) is 18.0 Å². The number of carbonyl (C=O) groups is 2. The Morgan fingerprint density at radius 3 is 2.07 bits per heavy atom. The summed E-state index contributed by atoms with van der Waals surface area (Å²) in [5.41, 5.74) is 5.09. The number of hydrazine groups is 1. The zero-order valence-electron chi connectivity index (χ0n) is 17.5. The van der Waals surface area contributed by atoms with Crippen molar-refractivity contribution in [2.24, 2.45) is 5.41 Å². The summed E-state index contributed by atoms with van der Waals surface area (Å²) in [5, 5.41) is 0. The van der Waals surface area contributed by atoms with E-state index in [1.165, 1.54) is 36.4 Å². The number of anilines is 1. The summed E-state index contributed by atoms with van der Waals surface area (Å²) in [5.74, 6) is -0.213. The summed E-state index contributed by atoms with van der Waals surface area (Å²) in [6.07, 6.45) is 0.263. The third-order valence-corrected chi connectivity index (χ3v) is 5.25. The molecule has 0 radical (unpaired) electrons. The van der Waals surface area contributed by atoms with Crippen molar-refractivity contribution in [2.45, 2.75) is 39.0 Å². The quantitative estimate of drug-likeness (QED) is 0.581. The molecular weight excluding hydrogens is 406 g/mol. The first-order valence-electron chi connectivity index (χ1n) is 9.45. The number of nitrogens with one attached hydrogen (secondary N) is 3. The molecule has 0 unspecified atom stereocenters. The SMILES string of the molecule is CCOc1ccc(S(=O)(=O)Nc2ccc(C(=O)NNC(=O)CC(C)(C)C)cc2)cc1. The van der Waals surface area contributed by atoms with Gasteiger partial charge in [-0.05, 0) is 60.9 Å². The average molecular weight is 434 g/mol. The molecule has 2 amide bonds. The largest absolute Gasteiger partial charge is 0.494 e. The molecule has 2 rings (SSSR count). The molecule has 0 aromatic heterocycles. The summed E-state index contributed by atoms with van der Waals surface area (Å²) >= 11 is 0. The highest BCUT2D eigenvalue weighted by molar-refractivity contribution is 7.92. The standard InChI is InChI=1S/C21H27N3O5S/c1-5-29-17-10-12-18(13-11-17)30(27,28)24-16-8-6-15(7-9-16)20(26)23-22-19(25)14-21(2,3)4/h6-13,24H,5,14H2,1-4H3,(H,22,25)(H,23,26). The van der Waals surface area contributed by atoms with Gasteiger partial charge in [0.2, 0.25) is 5.91 Å². The Morgan fingerprint density at radius 2 is 1.53 bits per heavy atom. The molecule has 0 saturated carbocycles. The maximum Gasteiger partial charge on any atom is 0.269 e. The highest BCUT2D eigenvalue weighted by Gasteiger charge is 2.17. The maximum absolute atomic E-state index is 12.5. The highest BCUT2D eigenvalue weighted by Crippen LogP contribution is 2.20. The first kappa shape index (κ1) is 23.2. The number of rotatable bonds is 7. The van der Waals surface area contributed by atoms with E-state index in [4.69, 9.17) is 4.74 Å². The number of hydrogen-bond acceptors (Lipinski definition) is 5. The van der Waals surface area contributed by atoms with E-state index >= 15 is 0 Å². The fourth-order valence-electron chi connectivity index (χ4n) is 2.51. The number of ether oxygens (including phenoxy) is 1. The van der Waals surface area contributed by atoms with E-state index in [2.05, 4.69) is 15.6 Å². The Balaban J connectivity index is 1.97. The van der Waals surface area contributed by atoms with E-state index in [1.54, 1.807) is 12.1 Å². The lowest BCUT2D eigenvalue weighted by Gasteiger charge is -2.17. The van der Waals surface area contributed by atoms with Crippen LogP contribution in [0.5, 0.6) is 5.75 Å². The summed E-state index contributed by atoms with van der Waals surface area (Å²) in [7, 11) is -3.78. The van der Waals surface area contributed by atoms with Gasteiger partial charge in [-0.25, -0.2) is 8.42 Å². The van der Waals surface area contributed by atoms with Gasteiger partial charge in [0, 0.05) is 17.7 Å². The van der Waals surface area contributed by atoms with Gasteiger partial charge in [-0.3, -0.25) is 25.2 Å². The molecule has 0 saturated heterocycles. The van der Waals surface area contributed by atoms with Crippen LogP contribution in [-0.4, -0.2) is 26.8 Å². The van der Waals surface area contributed by atoms with Crippen LogP contribution >= 0.6 is 0 Å². The Bertz CT molecular complexity index is 979. The molecular formula is C21H27N3O5S. The van der Waals surface area contributed by atoms with Gasteiger partial charge >= 0.3 is 0 Å². The molecule has 0 spiro atoms. The van der Waals surface area contributed by atoms with E-state index < -0.39 is 15.9 Å². The summed E-state index contributed by atoms with van der Waals surface area (Å²) in [4.78, 5) is 24.0. The van der Waals surface area contributed by atoms with Gasteiger partial charge in [-0.15, -0.1) is 0 Å². The van der Waals surface area contributed by atoms with Gasteiger partial charge in [0.1, 0.15) is 5.75 Å². The summed E-state index contributed by atoms with van der Waals surface area (Å²) in [6, 6.07) is 11.9. The van der Waals surface area contributed by atoms with Crippen LogP contribution in [0.25, 0.3) is 0 Å². The van der Waals surface area contributed by atoms with Crippen molar-refractivity contribution in [3.63, 3.8) is 0 Å². The van der Waals surface area contributed by atoms with Gasteiger partial charge in [-0.1, -0.05) is 20.8 Å². The van der Waals surface area contributed by atoms with E-state index in [0.717, 1.165) is 0 Å². The summed E-state index contributed by atoms with van der Waals surface area (Å²) < 4.78 is 32.8. The third kappa shape index (κ3) is 7.07. The lowest BCUT2D eigenvalue weighted by Crippen LogP contribution is -2.42. The molecule has 2 aromatic carbocycles. The lowest BCUT2D eigenvalue weighted by atomic mass is 9.92. The second kappa shape index (κ2) is 9.62. The van der Waals surface area contributed by atoms with Gasteiger partial charge in [-0.2, -0.15) is 0 Å². The summed E-state index contributed by atoms with van der Waals surface area (Å²) in [6.45, 7) is 8.09. The minimum Gasteiger partial charge on any atom is -0.494 e. The predicted molar refractivity (Wildman–Crippen MR) is 115 cm³/mol. The molecule has 8 nitrogen and oxygen atoms in total. The number of amides is 2. The third-order valence-electron chi connectivity index (χ3n) is 3.85. The maximum atomic E-state index is 12.5. The predicted octanol–water partition coefficient (Wildman–Crippen LogP) is 3.08. The van der Waals surface area contributed by atoms with E-state index in [1.807, 2.05) is 27.7 Å². The number of carbonyl (C=O) groups excluding carboxylic acids is 2. The zero-order chi connectivity index (χ0) is 22.4. The van der Waals surface area contributed by atoms with Gasteiger partial charge in [0.05, 0.1) is 11.5 Å². The van der Waals surface area contributed by atoms with Crippen molar-refractivity contribution < 1.29 is 22.7 Å². The van der Waals surface area contributed by atoms with Crippen LogP contribution in [0.15, 0.2) is 53.4 Å². The second-order valence-corrected chi connectivity index (χ2v) is 9.51. The first-order chi connectivity index (χ1) is 14.0. The molecule has 3 N–H and O–H groups in total. The molecule has 0 heterocycles. The molecule has 0 aliphatic heterocycles. The lowest BCUT2D eigenvalue weighted by molar-refractivity contribution is -0.123. The smallest absolute Gasteiger partial charge is 0.269 e. The molecule has 9 heteroatoms. The van der Waals surface area contributed by atoms with Crippen LogP contribution < -0.4 is 20.3 Å². The van der Waals surface area contributed by atoms with Crippen LogP contribution in [0.1, 0.15) is 44.5 Å². The minimum absolute atomic E-state index is 0.0920. The van der Waals surface area contributed by atoms with Crippen molar-refractivity contribution in [3.8, 4) is 5.75 Å². The molecule has 2 aromatic rings. The van der Waals surface area contributed by atoms with E-state index in [-0.39, 0.29) is 28.2 Å². The molecule has 0 fully saturated rings. The Morgan fingerprint density at radius 1 is 0.933 bits per heavy atom. The average Bonchev–Trinajstić information content (AvgIpc) is 2.66. The number of sulfonamides is 1. The normalized spacial score (nSPS) is 11.5. The first-order valence-corrected chi connectivity index (χ1v) is 10.9. The Kier molecular flexibility index (Phi) is 7.44. The molecule has 0 bridgehead atoms. The highest BCUT2D eigenvalue weighted by atomic mass is 32.2. The van der Waals surface area contributed by atoms with Gasteiger partial charge < -0.3 is 4.74 Å².